The van der Waals surface area contributed by atoms with Crippen molar-refractivity contribution in [2.75, 3.05) is 19.6 Å². The minimum atomic E-state index is 0.626. The van der Waals surface area contributed by atoms with Crippen LogP contribution in [-0.4, -0.2) is 35.6 Å². The first-order valence-corrected chi connectivity index (χ1v) is 8.71. The highest BCUT2D eigenvalue weighted by Crippen LogP contribution is 2.13. The summed E-state index contributed by atoms with van der Waals surface area (Å²) in [7, 11) is 0. The Balaban J connectivity index is 1.42. The summed E-state index contributed by atoms with van der Waals surface area (Å²) in [5.74, 6) is 0. The minimum absolute atomic E-state index is 0.626. The summed E-state index contributed by atoms with van der Waals surface area (Å²) in [5, 5.41) is 5.84. The van der Waals surface area contributed by atoms with E-state index in [-0.39, 0.29) is 0 Å². The molecule has 0 radical (unpaired) electrons. The van der Waals surface area contributed by atoms with Gasteiger partial charge in [-0.3, -0.25) is 4.90 Å². The van der Waals surface area contributed by atoms with Gasteiger partial charge in [0.05, 0.1) is 11.2 Å². The molecule has 112 valence electrons. The second-order valence-corrected chi connectivity index (χ2v) is 6.46. The van der Waals surface area contributed by atoms with Crippen molar-refractivity contribution in [2.45, 2.75) is 31.8 Å². The van der Waals surface area contributed by atoms with Crippen molar-refractivity contribution < 1.29 is 0 Å². The number of rotatable bonds is 6. The summed E-state index contributed by atoms with van der Waals surface area (Å²) in [4.78, 5) is 6.91. The van der Waals surface area contributed by atoms with Crippen LogP contribution in [0.4, 0.5) is 0 Å². The number of piperidine rings is 1. The van der Waals surface area contributed by atoms with E-state index in [1.807, 2.05) is 5.51 Å². The Morgan fingerprint density at radius 2 is 2.19 bits per heavy atom. The number of nitrogens with one attached hydrogen (secondary N) is 1. The van der Waals surface area contributed by atoms with Crippen LogP contribution in [0.3, 0.4) is 0 Å². The van der Waals surface area contributed by atoms with Crippen molar-refractivity contribution in [1.29, 1.82) is 0 Å². The summed E-state index contributed by atoms with van der Waals surface area (Å²) in [6.07, 6.45) is 3.63. The number of likely N-dealkylation sites (tertiary alicyclic amines) is 1. The molecule has 21 heavy (non-hydrogen) atoms. The lowest BCUT2D eigenvalue weighted by atomic mass is 10.0. The minimum Gasteiger partial charge on any atom is -0.312 e. The summed E-state index contributed by atoms with van der Waals surface area (Å²) < 4.78 is 0. The number of hydrogen-bond acceptors (Lipinski definition) is 4. The molecular weight excluding hydrogens is 278 g/mol. The van der Waals surface area contributed by atoms with Crippen LogP contribution in [0.15, 0.2) is 41.2 Å². The van der Waals surface area contributed by atoms with Gasteiger partial charge in [0.1, 0.15) is 0 Å². The first-order valence-electron chi connectivity index (χ1n) is 7.77. The van der Waals surface area contributed by atoms with E-state index in [2.05, 4.69) is 50.9 Å². The predicted molar refractivity (Wildman–Crippen MR) is 88.6 cm³/mol. The summed E-state index contributed by atoms with van der Waals surface area (Å²) in [6, 6.07) is 11.4. The van der Waals surface area contributed by atoms with Gasteiger partial charge in [0.25, 0.3) is 0 Å². The van der Waals surface area contributed by atoms with E-state index in [1.54, 1.807) is 11.3 Å². The van der Waals surface area contributed by atoms with Crippen LogP contribution in [0.5, 0.6) is 0 Å². The number of benzene rings is 1. The van der Waals surface area contributed by atoms with Crippen molar-refractivity contribution in [3.8, 4) is 0 Å². The van der Waals surface area contributed by atoms with Crippen molar-refractivity contribution in [3.63, 3.8) is 0 Å². The third-order valence-corrected chi connectivity index (χ3v) is 4.69. The lowest BCUT2D eigenvalue weighted by molar-refractivity contribution is 0.184. The molecule has 1 aromatic heterocycles. The third-order valence-electron chi connectivity index (χ3n) is 4.05. The van der Waals surface area contributed by atoms with Crippen LogP contribution in [0, 0.1) is 0 Å². The molecule has 0 amide bonds. The maximum absolute atomic E-state index is 4.34. The molecule has 0 spiro atoms. The Kier molecular flexibility index (Phi) is 5.38. The molecule has 1 saturated heterocycles. The largest absolute Gasteiger partial charge is 0.312 e. The maximum atomic E-state index is 4.34. The molecule has 1 aliphatic heterocycles. The molecule has 0 saturated carbocycles. The molecule has 1 fully saturated rings. The molecule has 3 rings (SSSR count). The van der Waals surface area contributed by atoms with E-state index in [0.29, 0.717) is 6.04 Å². The summed E-state index contributed by atoms with van der Waals surface area (Å²) in [5.41, 5.74) is 4.54. The molecule has 1 aliphatic rings. The molecule has 1 unspecified atom stereocenters. The topological polar surface area (TPSA) is 28.2 Å². The molecule has 1 atom stereocenters. The van der Waals surface area contributed by atoms with Gasteiger partial charge >= 0.3 is 0 Å². The van der Waals surface area contributed by atoms with Crippen LogP contribution >= 0.6 is 11.3 Å². The zero-order chi connectivity index (χ0) is 14.3. The quantitative estimate of drug-likeness (QED) is 0.889. The highest BCUT2D eigenvalue weighted by atomic mass is 32.1. The van der Waals surface area contributed by atoms with Crippen LogP contribution in [-0.2, 0) is 13.0 Å². The Bertz CT molecular complexity index is 512. The molecular formula is C17H23N3S. The van der Waals surface area contributed by atoms with Crippen molar-refractivity contribution >= 4 is 11.3 Å². The number of thiazole rings is 1. The lowest BCUT2D eigenvalue weighted by Crippen LogP contribution is -2.45. The second-order valence-electron chi connectivity index (χ2n) is 5.74. The van der Waals surface area contributed by atoms with E-state index in [1.165, 1.54) is 30.6 Å². The van der Waals surface area contributed by atoms with Gasteiger partial charge in [-0.1, -0.05) is 30.3 Å². The van der Waals surface area contributed by atoms with Crippen LogP contribution in [0.1, 0.15) is 24.1 Å². The van der Waals surface area contributed by atoms with Gasteiger partial charge in [0, 0.05) is 37.5 Å². The second kappa shape index (κ2) is 7.69. The summed E-state index contributed by atoms with van der Waals surface area (Å²) >= 11 is 1.68. The fraction of sp³-hybridized carbons (Fsp3) is 0.471. The van der Waals surface area contributed by atoms with E-state index in [4.69, 9.17) is 0 Å². The molecule has 1 N–H and O–H groups in total. The molecule has 0 aliphatic carbocycles. The van der Waals surface area contributed by atoms with Crippen molar-refractivity contribution in [2.24, 2.45) is 0 Å². The maximum Gasteiger partial charge on any atom is 0.0794 e. The van der Waals surface area contributed by atoms with Gasteiger partial charge in [-0.2, -0.15) is 0 Å². The third kappa shape index (κ3) is 4.63. The molecule has 3 nitrogen and oxygen atoms in total. The van der Waals surface area contributed by atoms with E-state index >= 15 is 0 Å². The fourth-order valence-corrected chi connectivity index (χ4v) is 3.57. The van der Waals surface area contributed by atoms with Gasteiger partial charge in [-0.05, 0) is 24.9 Å². The van der Waals surface area contributed by atoms with Crippen LogP contribution in [0.25, 0.3) is 0 Å². The average molecular weight is 301 g/mol. The smallest absolute Gasteiger partial charge is 0.0794 e. The standard InChI is InChI=1S/C17H23N3S/c1-2-5-15(6-3-1)11-20-10-4-7-16(12-20)18-9-8-17-13-21-14-19-17/h1-3,5-6,13-14,16,18H,4,7-12H2. The van der Waals surface area contributed by atoms with Crippen LogP contribution in [0.2, 0.25) is 0 Å². The predicted octanol–water partition coefficient (Wildman–Crippen LogP) is 2.94. The van der Waals surface area contributed by atoms with Gasteiger partial charge < -0.3 is 5.32 Å². The van der Waals surface area contributed by atoms with Gasteiger partial charge in [-0.25, -0.2) is 4.98 Å². The molecule has 2 aromatic rings. The number of aromatic nitrogens is 1. The zero-order valence-electron chi connectivity index (χ0n) is 12.4. The average Bonchev–Trinajstić information content (AvgIpc) is 3.02. The van der Waals surface area contributed by atoms with Crippen molar-refractivity contribution in [3.05, 3.63) is 52.5 Å². The first-order chi connectivity index (χ1) is 10.4. The zero-order valence-corrected chi connectivity index (χ0v) is 13.2. The Morgan fingerprint density at radius 3 is 3.00 bits per heavy atom. The SMILES string of the molecule is c1ccc(CN2CCCC(NCCc3cscn3)C2)cc1. The number of hydrogen-bond donors (Lipinski definition) is 1. The highest BCUT2D eigenvalue weighted by Gasteiger charge is 2.19. The van der Waals surface area contributed by atoms with E-state index < -0.39 is 0 Å². The monoisotopic (exact) mass is 301 g/mol. The van der Waals surface area contributed by atoms with Crippen molar-refractivity contribution in [1.82, 2.24) is 15.2 Å². The highest BCUT2D eigenvalue weighted by molar-refractivity contribution is 7.07. The Hall–Kier alpha value is -1.23. The lowest BCUT2D eigenvalue weighted by Gasteiger charge is -2.33. The molecule has 0 bridgehead atoms. The van der Waals surface area contributed by atoms with Gasteiger partial charge in [-0.15, -0.1) is 11.3 Å². The van der Waals surface area contributed by atoms with E-state index in [9.17, 15) is 0 Å². The Morgan fingerprint density at radius 1 is 1.29 bits per heavy atom. The van der Waals surface area contributed by atoms with Gasteiger partial charge in [0.15, 0.2) is 0 Å². The fourth-order valence-electron chi connectivity index (χ4n) is 2.97. The normalized spacial score (nSPS) is 19.7. The molecule has 4 heteroatoms. The number of nitrogens with zero attached hydrogens (tertiary/aromatic N) is 2. The van der Waals surface area contributed by atoms with Crippen LogP contribution < -0.4 is 5.32 Å². The first kappa shape index (κ1) is 14.7. The van der Waals surface area contributed by atoms with E-state index in [0.717, 1.165) is 26.1 Å². The molecule has 2 heterocycles. The molecule has 1 aromatic carbocycles. The van der Waals surface area contributed by atoms with Gasteiger partial charge in [0.2, 0.25) is 0 Å². The summed E-state index contributed by atoms with van der Waals surface area (Å²) in [6.45, 7) is 4.49. The Labute approximate surface area is 131 Å².